The van der Waals surface area contributed by atoms with Crippen LogP contribution in [0.1, 0.15) is 17.9 Å². The molecule has 1 fully saturated rings. The molecule has 0 radical (unpaired) electrons. The lowest BCUT2D eigenvalue weighted by Crippen LogP contribution is -2.13. The molecule has 1 saturated heterocycles. The summed E-state index contributed by atoms with van der Waals surface area (Å²) in [7, 11) is 2.18. The Hall–Kier alpha value is -1.81. The molecule has 3 rings (SSSR count). The monoisotopic (exact) mass is 242 g/mol. The van der Waals surface area contributed by atoms with Crippen molar-refractivity contribution in [3.63, 3.8) is 0 Å². The van der Waals surface area contributed by atoms with Crippen LogP contribution in [0, 0.1) is 0 Å². The maximum atomic E-state index is 5.61. The number of nitrogen functional groups attached to an aromatic ring is 1. The van der Waals surface area contributed by atoms with Gasteiger partial charge in [-0.05, 0) is 37.1 Å². The molecule has 94 valence electrons. The van der Waals surface area contributed by atoms with Crippen LogP contribution in [0.3, 0.4) is 0 Å². The third-order valence-corrected chi connectivity index (χ3v) is 3.68. The van der Waals surface area contributed by atoms with Gasteiger partial charge >= 0.3 is 0 Å². The van der Waals surface area contributed by atoms with Crippen LogP contribution in [0.15, 0.2) is 30.3 Å². The Labute approximate surface area is 107 Å². The maximum absolute atomic E-state index is 5.61. The number of H-pyrrole nitrogens is 1. The van der Waals surface area contributed by atoms with E-state index in [1.54, 1.807) is 0 Å². The highest BCUT2D eigenvalue weighted by atomic mass is 15.2. The van der Waals surface area contributed by atoms with Crippen LogP contribution < -0.4 is 5.73 Å². The summed E-state index contributed by atoms with van der Waals surface area (Å²) in [4.78, 5) is 2.38. The van der Waals surface area contributed by atoms with Crippen molar-refractivity contribution in [2.75, 3.05) is 25.9 Å². The molecular weight excluding hydrogens is 224 g/mol. The van der Waals surface area contributed by atoms with E-state index < -0.39 is 0 Å². The quantitative estimate of drug-likeness (QED) is 0.847. The van der Waals surface area contributed by atoms with Crippen molar-refractivity contribution in [1.82, 2.24) is 15.1 Å². The van der Waals surface area contributed by atoms with Gasteiger partial charge in [-0.1, -0.05) is 24.3 Å². The first kappa shape index (κ1) is 11.3. The molecule has 1 aliphatic heterocycles. The number of nitrogens with zero attached hydrogens (tertiary/aromatic N) is 2. The van der Waals surface area contributed by atoms with E-state index in [1.165, 1.54) is 18.5 Å². The van der Waals surface area contributed by atoms with Crippen LogP contribution in [-0.4, -0.2) is 35.2 Å². The maximum Gasteiger partial charge on any atom is 0.145 e. The third-order valence-electron chi connectivity index (χ3n) is 3.68. The Bertz CT molecular complexity index is 529. The van der Waals surface area contributed by atoms with Crippen LogP contribution in [0.5, 0.6) is 0 Å². The Morgan fingerprint density at radius 2 is 2.11 bits per heavy atom. The molecule has 0 saturated carbocycles. The number of aromatic nitrogens is 2. The summed E-state index contributed by atoms with van der Waals surface area (Å²) in [5, 5.41) is 6.88. The van der Waals surface area contributed by atoms with E-state index >= 15 is 0 Å². The largest absolute Gasteiger partial charge is 0.382 e. The van der Waals surface area contributed by atoms with Gasteiger partial charge < -0.3 is 10.6 Å². The molecule has 2 heterocycles. The molecule has 0 bridgehead atoms. The van der Waals surface area contributed by atoms with Gasteiger partial charge in [0.15, 0.2) is 0 Å². The van der Waals surface area contributed by atoms with Crippen molar-refractivity contribution >= 4 is 5.82 Å². The number of hydrogen-bond donors (Lipinski definition) is 2. The lowest BCUT2D eigenvalue weighted by atomic mass is 9.97. The normalized spacial score (nSPS) is 20.4. The third kappa shape index (κ3) is 2.11. The summed E-state index contributed by atoms with van der Waals surface area (Å²) in [6.45, 7) is 2.36. The predicted octanol–water partition coefficient (Wildman–Crippen LogP) is 2.08. The second-order valence-corrected chi connectivity index (χ2v) is 5.08. The van der Waals surface area contributed by atoms with Gasteiger partial charge in [-0.2, -0.15) is 5.10 Å². The molecule has 4 nitrogen and oxygen atoms in total. The molecule has 1 atom stereocenters. The summed E-state index contributed by atoms with van der Waals surface area (Å²) >= 11 is 0. The molecule has 1 unspecified atom stereocenters. The van der Waals surface area contributed by atoms with Gasteiger partial charge in [0.25, 0.3) is 0 Å². The smallest absolute Gasteiger partial charge is 0.145 e. The van der Waals surface area contributed by atoms with Crippen molar-refractivity contribution in [2.45, 2.75) is 12.3 Å². The molecule has 3 N–H and O–H groups in total. The van der Waals surface area contributed by atoms with E-state index in [0.717, 1.165) is 17.8 Å². The minimum absolute atomic E-state index is 0.534. The highest BCUT2D eigenvalue weighted by molar-refractivity contribution is 5.62. The minimum atomic E-state index is 0.534. The minimum Gasteiger partial charge on any atom is -0.382 e. The first-order valence-corrected chi connectivity index (χ1v) is 6.32. The number of benzene rings is 1. The van der Waals surface area contributed by atoms with Crippen molar-refractivity contribution in [2.24, 2.45) is 0 Å². The SMILES string of the molecule is CN1CCC(c2ccc(-c3cc(N)n[nH]3)cc2)C1. The number of likely N-dealkylation sites (N-methyl/N-ethyl adjacent to an activating group) is 1. The lowest BCUT2D eigenvalue weighted by molar-refractivity contribution is 0.411. The molecule has 1 aliphatic rings. The molecular formula is C14H18N4. The Kier molecular flexibility index (Phi) is 2.80. The average Bonchev–Trinajstić information content (AvgIpc) is 2.98. The number of likely N-dealkylation sites (tertiary alicyclic amines) is 1. The van der Waals surface area contributed by atoms with Crippen molar-refractivity contribution in [3.8, 4) is 11.3 Å². The summed E-state index contributed by atoms with van der Waals surface area (Å²) < 4.78 is 0. The van der Waals surface area contributed by atoms with E-state index in [1.807, 2.05) is 6.07 Å². The van der Waals surface area contributed by atoms with Gasteiger partial charge in [-0.3, -0.25) is 5.10 Å². The zero-order valence-corrected chi connectivity index (χ0v) is 10.6. The molecule has 1 aromatic carbocycles. The van der Waals surface area contributed by atoms with E-state index in [4.69, 9.17) is 5.73 Å². The summed E-state index contributed by atoms with van der Waals surface area (Å²) in [5.41, 5.74) is 9.15. The average molecular weight is 242 g/mol. The van der Waals surface area contributed by atoms with Gasteiger partial charge in [-0.15, -0.1) is 0 Å². The first-order chi connectivity index (χ1) is 8.72. The van der Waals surface area contributed by atoms with E-state index in [2.05, 4.69) is 46.4 Å². The summed E-state index contributed by atoms with van der Waals surface area (Å²) in [6.07, 6.45) is 1.26. The molecule has 0 aliphatic carbocycles. The predicted molar refractivity (Wildman–Crippen MR) is 73.3 cm³/mol. The molecule has 4 heteroatoms. The number of rotatable bonds is 2. The molecule has 1 aromatic heterocycles. The first-order valence-electron chi connectivity index (χ1n) is 6.32. The second kappa shape index (κ2) is 4.46. The summed E-state index contributed by atoms with van der Waals surface area (Å²) in [5.74, 6) is 1.21. The van der Waals surface area contributed by atoms with E-state index in [-0.39, 0.29) is 0 Å². The Morgan fingerprint density at radius 1 is 1.33 bits per heavy atom. The Morgan fingerprint density at radius 3 is 2.67 bits per heavy atom. The number of anilines is 1. The highest BCUT2D eigenvalue weighted by Crippen LogP contribution is 2.28. The number of nitrogens with one attached hydrogen (secondary N) is 1. The fourth-order valence-corrected chi connectivity index (χ4v) is 2.63. The topological polar surface area (TPSA) is 57.9 Å². The van der Waals surface area contributed by atoms with Gasteiger partial charge in [0.05, 0.1) is 5.69 Å². The molecule has 0 spiro atoms. The standard InChI is InChI=1S/C14H18N4/c1-18-7-6-12(9-18)10-2-4-11(5-3-10)13-8-14(15)17-16-13/h2-5,8,12H,6-7,9H2,1H3,(H3,15,16,17). The van der Waals surface area contributed by atoms with Gasteiger partial charge in [0.2, 0.25) is 0 Å². The highest BCUT2D eigenvalue weighted by Gasteiger charge is 2.20. The van der Waals surface area contributed by atoms with Gasteiger partial charge in [0, 0.05) is 12.6 Å². The van der Waals surface area contributed by atoms with E-state index in [0.29, 0.717) is 11.7 Å². The van der Waals surface area contributed by atoms with Crippen LogP contribution in [0.2, 0.25) is 0 Å². The fraction of sp³-hybridized carbons (Fsp3) is 0.357. The van der Waals surface area contributed by atoms with Gasteiger partial charge in [-0.25, -0.2) is 0 Å². The number of hydrogen-bond acceptors (Lipinski definition) is 3. The van der Waals surface area contributed by atoms with Crippen LogP contribution in [0.4, 0.5) is 5.82 Å². The van der Waals surface area contributed by atoms with E-state index in [9.17, 15) is 0 Å². The fourth-order valence-electron chi connectivity index (χ4n) is 2.63. The van der Waals surface area contributed by atoms with Crippen LogP contribution in [0.25, 0.3) is 11.3 Å². The number of aromatic amines is 1. The lowest BCUT2D eigenvalue weighted by Gasteiger charge is -2.11. The molecule has 18 heavy (non-hydrogen) atoms. The van der Waals surface area contributed by atoms with Crippen molar-refractivity contribution in [1.29, 1.82) is 0 Å². The molecule has 0 amide bonds. The van der Waals surface area contributed by atoms with Crippen LogP contribution >= 0.6 is 0 Å². The molecule has 2 aromatic rings. The zero-order chi connectivity index (χ0) is 12.5. The number of nitrogens with two attached hydrogens (primary N) is 1. The summed E-state index contributed by atoms with van der Waals surface area (Å²) in [6, 6.07) is 10.6. The zero-order valence-electron chi connectivity index (χ0n) is 10.6. The second-order valence-electron chi connectivity index (χ2n) is 5.08. The van der Waals surface area contributed by atoms with Crippen molar-refractivity contribution in [3.05, 3.63) is 35.9 Å². The van der Waals surface area contributed by atoms with Crippen molar-refractivity contribution < 1.29 is 0 Å². The van der Waals surface area contributed by atoms with Crippen LogP contribution in [-0.2, 0) is 0 Å². The van der Waals surface area contributed by atoms with Gasteiger partial charge in [0.1, 0.15) is 5.82 Å². The Balaban J connectivity index is 1.81.